The van der Waals surface area contributed by atoms with E-state index in [4.69, 9.17) is 9.47 Å². The minimum absolute atomic E-state index is 0.0431. The van der Waals surface area contributed by atoms with Crippen molar-refractivity contribution in [3.05, 3.63) is 22.7 Å². The van der Waals surface area contributed by atoms with Gasteiger partial charge in [-0.3, -0.25) is 0 Å². The molecular formula is C12H17BrO2. The van der Waals surface area contributed by atoms with E-state index >= 15 is 0 Å². The van der Waals surface area contributed by atoms with Crippen molar-refractivity contribution < 1.29 is 9.47 Å². The number of hydrogen-bond donors (Lipinski definition) is 0. The third kappa shape index (κ3) is 3.74. The quantitative estimate of drug-likeness (QED) is 0.784. The summed E-state index contributed by atoms with van der Waals surface area (Å²) < 4.78 is 12.4. The molecule has 0 saturated carbocycles. The fourth-order valence-electron chi connectivity index (χ4n) is 1.84. The first-order chi connectivity index (χ1) is 7.34. The molecule has 0 amide bonds. The van der Waals surface area contributed by atoms with Crippen molar-refractivity contribution in [3.63, 3.8) is 0 Å². The van der Waals surface area contributed by atoms with E-state index in [1.165, 1.54) is 17.3 Å². The Kier molecular flexibility index (Phi) is 4.42. The maximum Gasteiger partial charge on any atom is 0.157 e. The Hall–Kier alpha value is -0.120. The van der Waals surface area contributed by atoms with E-state index in [0.29, 0.717) is 5.92 Å². The maximum absolute atomic E-state index is 5.74. The standard InChI is InChI=1S/C12H17BrO2/c13-11-6-4-10(5-7-11)9-15-12-3-1-2-8-14-12/h4,6-7,10,12H,1-3,5,8-9H2. The number of ether oxygens (including phenoxy) is 2. The Bertz CT molecular complexity index is 254. The summed E-state index contributed by atoms with van der Waals surface area (Å²) in [5.74, 6) is 0.511. The molecule has 3 heteroatoms. The van der Waals surface area contributed by atoms with Crippen LogP contribution in [-0.2, 0) is 9.47 Å². The summed E-state index contributed by atoms with van der Waals surface area (Å²) in [5.41, 5.74) is 0. The van der Waals surface area contributed by atoms with Gasteiger partial charge in [0.2, 0.25) is 0 Å². The highest BCUT2D eigenvalue weighted by molar-refractivity contribution is 9.11. The molecular weight excluding hydrogens is 256 g/mol. The summed E-state index contributed by atoms with van der Waals surface area (Å²) in [4.78, 5) is 0. The van der Waals surface area contributed by atoms with Crippen molar-refractivity contribution in [2.75, 3.05) is 13.2 Å². The van der Waals surface area contributed by atoms with Crippen molar-refractivity contribution in [2.24, 2.45) is 5.92 Å². The van der Waals surface area contributed by atoms with E-state index in [1.807, 2.05) is 0 Å². The molecule has 0 spiro atoms. The van der Waals surface area contributed by atoms with Gasteiger partial charge in [0.25, 0.3) is 0 Å². The second kappa shape index (κ2) is 5.83. The summed E-state index contributed by atoms with van der Waals surface area (Å²) in [6.07, 6.45) is 11.1. The van der Waals surface area contributed by atoms with E-state index in [2.05, 4.69) is 34.2 Å². The molecule has 1 fully saturated rings. The lowest BCUT2D eigenvalue weighted by molar-refractivity contribution is -0.166. The van der Waals surface area contributed by atoms with Gasteiger partial charge in [-0.2, -0.15) is 0 Å². The highest BCUT2D eigenvalue weighted by Crippen LogP contribution is 2.22. The zero-order chi connectivity index (χ0) is 10.5. The molecule has 2 atom stereocenters. The van der Waals surface area contributed by atoms with Gasteiger partial charge in [-0.1, -0.05) is 34.2 Å². The zero-order valence-electron chi connectivity index (χ0n) is 8.82. The molecule has 2 aliphatic rings. The number of hydrogen-bond acceptors (Lipinski definition) is 2. The van der Waals surface area contributed by atoms with Crippen LogP contribution in [0.25, 0.3) is 0 Å². The van der Waals surface area contributed by atoms with Crippen molar-refractivity contribution in [1.29, 1.82) is 0 Å². The predicted molar refractivity (Wildman–Crippen MR) is 63.8 cm³/mol. The van der Waals surface area contributed by atoms with Gasteiger partial charge in [0.1, 0.15) is 0 Å². The molecule has 0 bridgehead atoms. The fraction of sp³-hybridized carbons (Fsp3) is 0.667. The van der Waals surface area contributed by atoms with Gasteiger partial charge in [-0.05, 0) is 25.7 Å². The Morgan fingerprint density at radius 1 is 1.47 bits per heavy atom. The van der Waals surface area contributed by atoms with Crippen molar-refractivity contribution in [1.82, 2.24) is 0 Å². The van der Waals surface area contributed by atoms with Crippen LogP contribution >= 0.6 is 15.9 Å². The van der Waals surface area contributed by atoms with E-state index in [1.54, 1.807) is 0 Å². The minimum Gasteiger partial charge on any atom is -0.353 e. The van der Waals surface area contributed by atoms with E-state index in [-0.39, 0.29) is 6.29 Å². The Morgan fingerprint density at radius 2 is 2.40 bits per heavy atom. The molecule has 0 aromatic rings. The fourth-order valence-corrected chi connectivity index (χ4v) is 2.18. The SMILES string of the molecule is BrC1=CCC(COC2CCCCO2)C=C1. The van der Waals surface area contributed by atoms with Gasteiger partial charge >= 0.3 is 0 Å². The largest absolute Gasteiger partial charge is 0.353 e. The maximum atomic E-state index is 5.74. The number of allylic oxidation sites excluding steroid dienone is 3. The van der Waals surface area contributed by atoms with Crippen LogP contribution in [-0.4, -0.2) is 19.5 Å². The van der Waals surface area contributed by atoms with Gasteiger partial charge in [-0.15, -0.1) is 0 Å². The van der Waals surface area contributed by atoms with Crippen molar-refractivity contribution in [2.45, 2.75) is 32.0 Å². The van der Waals surface area contributed by atoms with Crippen LogP contribution in [0.4, 0.5) is 0 Å². The van der Waals surface area contributed by atoms with Crippen LogP contribution in [0.5, 0.6) is 0 Å². The molecule has 0 radical (unpaired) electrons. The average Bonchev–Trinajstić information content (AvgIpc) is 2.30. The first kappa shape index (κ1) is 11.4. The number of halogens is 1. The summed E-state index contributed by atoms with van der Waals surface area (Å²) in [7, 11) is 0. The van der Waals surface area contributed by atoms with Crippen LogP contribution in [0.15, 0.2) is 22.7 Å². The van der Waals surface area contributed by atoms with Crippen molar-refractivity contribution >= 4 is 15.9 Å². The van der Waals surface area contributed by atoms with Gasteiger partial charge in [-0.25, -0.2) is 0 Å². The molecule has 84 valence electrons. The molecule has 2 nitrogen and oxygen atoms in total. The third-order valence-corrected chi connectivity index (χ3v) is 3.37. The Labute approximate surface area is 99.5 Å². The minimum atomic E-state index is 0.0431. The molecule has 15 heavy (non-hydrogen) atoms. The monoisotopic (exact) mass is 272 g/mol. The average molecular weight is 273 g/mol. The molecule has 0 aromatic carbocycles. The second-order valence-corrected chi connectivity index (χ2v) is 4.99. The van der Waals surface area contributed by atoms with Gasteiger partial charge in [0, 0.05) is 17.0 Å². The predicted octanol–water partition coefficient (Wildman–Crippen LogP) is 3.38. The molecule has 2 unspecified atom stereocenters. The Morgan fingerprint density at radius 3 is 3.07 bits per heavy atom. The summed E-state index contributed by atoms with van der Waals surface area (Å²) in [6, 6.07) is 0. The lowest BCUT2D eigenvalue weighted by Crippen LogP contribution is -2.24. The normalized spacial score (nSPS) is 31.4. The molecule has 2 rings (SSSR count). The summed E-state index contributed by atoms with van der Waals surface area (Å²) in [5, 5.41) is 0. The molecule has 1 aliphatic carbocycles. The summed E-state index contributed by atoms with van der Waals surface area (Å²) in [6.45, 7) is 1.63. The topological polar surface area (TPSA) is 18.5 Å². The van der Waals surface area contributed by atoms with Crippen LogP contribution < -0.4 is 0 Å². The lowest BCUT2D eigenvalue weighted by Gasteiger charge is -2.24. The number of rotatable bonds is 3. The molecule has 0 N–H and O–H groups in total. The van der Waals surface area contributed by atoms with Crippen LogP contribution in [0.2, 0.25) is 0 Å². The van der Waals surface area contributed by atoms with E-state index in [0.717, 1.165) is 26.1 Å². The van der Waals surface area contributed by atoms with Gasteiger partial charge in [0.15, 0.2) is 6.29 Å². The highest BCUT2D eigenvalue weighted by atomic mass is 79.9. The molecule has 0 aromatic heterocycles. The van der Waals surface area contributed by atoms with Crippen LogP contribution in [0.1, 0.15) is 25.7 Å². The lowest BCUT2D eigenvalue weighted by atomic mass is 10.0. The van der Waals surface area contributed by atoms with Gasteiger partial charge < -0.3 is 9.47 Å². The highest BCUT2D eigenvalue weighted by Gasteiger charge is 2.16. The Balaban J connectivity index is 1.67. The van der Waals surface area contributed by atoms with Crippen molar-refractivity contribution in [3.8, 4) is 0 Å². The third-order valence-electron chi connectivity index (χ3n) is 2.78. The second-order valence-electron chi connectivity index (χ2n) is 4.07. The smallest absolute Gasteiger partial charge is 0.157 e. The molecule has 1 saturated heterocycles. The first-order valence-corrected chi connectivity index (χ1v) is 6.41. The van der Waals surface area contributed by atoms with Gasteiger partial charge in [0.05, 0.1) is 6.61 Å². The molecule has 1 heterocycles. The summed E-state index contributed by atoms with van der Waals surface area (Å²) >= 11 is 3.45. The first-order valence-electron chi connectivity index (χ1n) is 5.61. The molecule has 1 aliphatic heterocycles. The van der Waals surface area contributed by atoms with E-state index in [9.17, 15) is 0 Å². The zero-order valence-corrected chi connectivity index (χ0v) is 10.4. The van der Waals surface area contributed by atoms with Crippen LogP contribution in [0, 0.1) is 5.92 Å². The van der Waals surface area contributed by atoms with Crippen LogP contribution in [0.3, 0.4) is 0 Å². The van der Waals surface area contributed by atoms with E-state index < -0.39 is 0 Å².